The molecule has 0 aliphatic heterocycles. The molecular formula is C10H20N2. The lowest BCUT2D eigenvalue weighted by molar-refractivity contribution is 0.667. The van der Waals surface area contributed by atoms with Gasteiger partial charge in [0.1, 0.15) is 0 Å². The summed E-state index contributed by atoms with van der Waals surface area (Å²) in [6.45, 7) is 8.07. The minimum absolute atomic E-state index is 0.974. The van der Waals surface area contributed by atoms with Crippen molar-refractivity contribution >= 4 is 0 Å². The van der Waals surface area contributed by atoms with E-state index < -0.39 is 0 Å². The molecule has 2 nitrogen and oxygen atoms in total. The van der Waals surface area contributed by atoms with Gasteiger partial charge in [0.25, 0.3) is 0 Å². The number of nitrogens with one attached hydrogen (secondary N) is 2. The second-order valence-corrected chi connectivity index (χ2v) is 2.55. The third-order valence-electron chi connectivity index (χ3n) is 1.47. The van der Waals surface area contributed by atoms with Gasteiger partial charge in [-0.3, -0.25) is 0 Å². The van der Waals surface area contributed by atoms with Crippen LogP contribution in [0.3, 0.4) is 0 Å². The maximum absolute atomic E-state index is 3.29. The number of hydrogen-bond acceptors (Lipinski definition) is 2. The van der Waals surface area contributed by atoms with Crippen LogP contribution in [0, 0.1) is 0 Å². The summed E-state index contributed by atoms with van der Waals surface area (Å²) >= 11 is 0. The summed E-state index contributed by atoms with van der Waals surface area (Å²) in [5, 5.41) is 6.58. The Morgan fingerprint density at radius 1 is 0.833 bits per heavy atom. The van der Waals surface area contributed by atoms with Crippen LogP contribution in [0.5, 0.6) is 0 Å². The SMILES string of the molecule is C/C=C/CNCCNC/C=C/C. The van der Waals surface area contributed by atoms with Crippen LogP contribution in [0.15, 0.2) is 24.3 Å². The van der Waals surface area contributed by atoms with Gasteiger partial charge in [0.05, 0.1) is 0 Å². The van der Waals surface area contributed by atoms with Crippen LogP contribution >= 0.6 is 0 Å². The zero-order chi connectivity index (χ0) is 9.07. The average molecular weight is 168 g/mol. The molecule has 2 N–H and O–H groups in total. The van der Waals surface area contributed by atoms with Gasteiger partial charge in [0.2, 0.25) is 0 Å². The number of allylic oxidation sites excluding steroid dienone is 2. The first kappa shape index (κ1) is 11.4. The topological polar surface area (TPSA) is 24.1 Å². The van der Waals surface area contributed by atoms with E-state index in [1.807, 2.05) is 13.8 Å². The Bertz CT molecular complexity index is 112. The maximum atomic E-state index is 3.29. The zero-order valence-corrected chi connectivity index (χ0v) is 8.14. The molecule has 12 heavy (non-hydrogen) atoms. The van der Waals surface area contributed by atoms with Crippen molar-refractivity contribution in [3.8, 4) is 0 Å². The van der Waals surface area contributed by atoms with Crippen LogP contribution in [0.2, 0.25) is 0 Å². The average Bonchev–Trinajstić information content (AvgIpc) is 2.10. The van der Waals surface area contributed by atoms with Crippen LogP contribution in [0.25, 0.3) is 0 Å². The van der Waals surface area contributed by atoms with Gasteiger partial charge in [-0.25, -0.2) is 0 Å². The molecule has 0 aromatic heterocycles. The molecule has 0 aliphatic rings. The van der Waals surface area contributed by atoms with Crippen LogP contribution in [-0.4, -0.2) is 26.2 Å². The van der Waals surface area contributed by atoms with Crippen LogP contribution < -0.4 is 10.6 Å². The fourth-order valence-corrected chi connectivity index (χ4v) is 0.783. The van der Waals surface area contributed by atoms with E-state index in [0.717, 1.165) is 26.2 Å². The first-order chi connectivity index (χ1) is 5.91. The molecule has 70 valence electrons. The van der Waals surface area contributed by atoms with E-state index in [1.54, 1.807) is 0 Å². The van der Waals surface area contributed by atoms with E-state index in [4.69, 9.17) is 0 Å². The van der Waals surface area contributed by atoms with Crippen molar-refractivity contribution in [1.29, 1.82) is 0 Å². The lowest BCUT2D eigenvalue weighted by atomic mass is 10.5. The Hall–Kier alpha value is -0.600. The summed E-state index contributed by atoms with van der Waals surface area (Å²) in [6, 6.07) is 0. The molecule has 0 unspecified atom stereocenters. The highest BCUT2D eigenvalue weighted by Crippen LogP contribution is 1.68. The van der Waals surface area contributed by atoms with Crippen molar-refractivity contribution in [1.82, 2.24) is 10.6 Å². The van der Waals surface area contributed by atoms with E-state index in [9.17, 15) is 0 Å². The van der Waals surface area contributed by atoms with Crippen molar-refractivity contribution in [3.63, 3.8) is 0 Å². The predicted octanol–water partition coefficient (Wildman–Crippen LogP) is 1.32. The maximum Gasteiger partial charge on any atom is 0.0135 e. The summed E-state index contributed by atoms with van der Waals surface area (Å²) in [5.41, 5.74) is 0. The van der Waals surface area contributed by atoms with Gasteiger partial charge in [-0.15, -0.1) is 0 Å². The molecule has 0 saturated carbocycles. The minimum atomic E-state index is 0.974. The molecule has 0 heterocycles. The highest BCUT2D eigenvalue weighted by atomic mass is 14.9. The molecule has 0 radical (unpaired) electrons. The summed E-state index contributed by atoms with van der Waals surface area (Å²) in [6.07, 6.45) is 8.35. The Kier molecular flexibility index (Phi) is 9.88. The third kappa shape index (κ3) is 9.40. The van der Waals surface area contributed by atoms with Gasteiger partial charge in [0.15, 0.2) is 0 Å². The van der Waals surface area contributed by atoms with Gasteiger partial charge in [-0.2, -0.15) is 0 Å². The molecule has 0 aromatic carbocycles. The van der Waals surface area contributed by atoms with Gasteiger partial charge in [-0.05, 0) is 13.8 Å². The largest absolute Gasteiger partial charge is 0.312 e. The van der Waals surface area contributed by atoms with E-state index in [-0.39, 0.29) is 0 Å². The monoisotopic (exact) mass is 168 g/mol. The van der Waals surface area contributed by atoms with Crippen molar-refractivity contribution in [2.45, 2.75) is 13.8 Å². The highest BCUT2D eigenvalue weighted by Gasteiger charge is 1.82. The van der Waals surface area contributed by atoms with Crippen LogP contribution in [-0.2, 0) is 0 Å². The van der Waals surface area contributed by atoms with Crippen molar-refractivity contribution in [3.05, 3.63) is 24.3 Å². The Morgan fingerprint density at radius 3 is 1.58 bits per heavy atom. The lowest BCUT2D eigenvalue weighted by Gasteiger charge is -2.01. The number of hydrogen-bond donors (Lipinski definition) is 2. The Morgan fingerprint density at radius 2 is 1.25 bits per heavy atom. The molecule has 0 fully saturated rings. The molecule has 0 atom stereocenters. The normalized spacial score (nSPS) is 11.8. The van der Waals surface area contributed by atoms with E-state index in [1.165, 1.54) is 0 Å². The zero-order valence-electron chi connectivity index (χ0n) is 8.14. The highest BCUT2D eigenvalue weighted by molar-refractivity contribution is 4.80. The first-order valence-electron chi connectivity index (χ1n) is 4.55. The number of rotatable bonds is 7. The molecule has 0 saturated heterocycles. The van der Waals surface area contributed by atoms with E-state index in [0.29, 0.717) is 0 Å². The fraction of sp³-hybridized carbons (Fsp3) is 0.600. The molecule has 2 heteroatoms. The Balaban J connectivity index is 2.91. The summed E-state index contributed by atoms with van der Waals surface area (Å²) in [4.78, 5) is 0. The minimum Gasteiger partial charge on any atom is -0.312 e. The smallest absolute Gasteiger partial charge is 0.0135 e. The van der Waals surface area contributed by atoms with Gasteiger partial charge >= 0.3 is 0 Å². The van der Waals surface area contributed by atoms with Crippen molar-refractivity contribution < 1.29 is 0 Å². The van der Waals surface area contributed by atoms with Crippen molar-refractivity contribution in [2.24, 2.45) is 0 Å². The molecule has 0 aromatic rings. The summed E-state index contributed by atoms with van der Waals surface area (Å²) in [7, 11) is 0. The van der Waals surface area contributed by atoms with Gasteiger partial charge < -0.3 is 10.6 Å². The second kappa shape index (κ2) is 10.4. The predicted molar refractivity (Wildman–Crippen MR) is 55.4 cm³/mol. The van der Waals surface area contributed by atoms with Gasteiger partial charge in [0, 0.05) is 26.2 Å². The molecule has 0 aliphatic carbocycles. The van der Waals surface area contributed by atoms with E-state index in [2.05, 4.69) is 34.9 Å². The second-order valence-electron chi connectivity index (χ2n) is 2.55. The summed E-state index contributed by atoms with van der Waals surface area (Å²) in [5.74, 6) is 0. The standard InChI is InChI=1S/C10H20N2/c1-3-5-7-11-9-10-12-8-6-4-2/h3-6,11-12H,7-10H2,1-2H3/b5-3+,6-4+. The first-order valence-corrected chi connectivity index (χ1v) is 4.55. The quantitative estimate of drug-likeness (QED) is 0.442. The lowest BCUT2D eigenvalue weighted by Crippen LogP contribution is -2.27. The van der Waals surface area contributed by atoms with Crippen LogP contribution in [0.1, 0.15) is 13.8 Å². The van der Waals surface area contributed by atoms with Gasteiger partial charge in [-0.1, -0.05) is 24.3 Å². The summed E-state index contributed by atoms with van der Waals surface area (Å²) < 4.78 is 0. The molecule has 0 bridgehead atoms. The van der Waals surface area contributed by atoms with E-state index >= 15 is 0 Å². The molecule has 0 rings (SSSR count). The fourth-order valence-electron chi connectivity index (χ4n) is 0.783. The molecular weight excluding hydrogens is 148 g/mol. The Labute approximate surface area is 75.7 Å². The molecule has 0 spiro atoms. The third-order valence-corrected chi connectivity index (χ3v) is 1.47. The molecule has 0 amide bonds. The van der Waals surface area contributed by atoms with Crippen LogP contribution in [0.4, 0.5) is 0 Å². The van der Waals surface area contributed by atoms with Crippen molar-refractivity contribution in [2.75, 3.05) is 26.2 Å².